The predicted molar refractivity (Wildman–Crippen MR) is 118 cm³/mol. The fourth-order valence-electron chi connectivity index (χ4n) is 3.86. The van der Waals surface area contributed by atoms with Crippen molar-refractivity contribution in [2.24, 2.45) is 0 Å². The maximum absolute atomic E-state index is 13.5. The molecule has 4 rings (SSSR count). The molecule has 0 unspecified atom stereocenters. The third-order valence-electron chi connectivity index (χ3n) is 5.48. The number of thiazole rings is 1. The molecule has 6 heteroatoms. The fourth-order valence-corrected chi connectivity index (χ4v) is 4.85. The maximum atomic E-state index is 13.5. The Labute approximate surface area is 175 Å². The molecule has 2 aromatic carbocycles. The zero-order valence-electron chi connectivity index (χ0n) is 17.1. The van der Waals surface area contributed by atoms with E-state index in [1.165, 1.54) is 5.56 Å². The molecule has 1 aromatic heterocycles. The zero-order chi connectivity index (χ0) is 20.2. The highest BCUT2D eigenvalue weighted by atomic mass is 32.1. The van der Waals surface area contributed by atoms with Gasteiger partial charge in [0.1, 0.15) is 13.1 Å². The second-order valence-electron chi connectivity index (χ2n) is 7.71. The van der Waals surface area contributed by atoms with Crippen LogP contribution in [0.1, 0.15) is 27.9 Å². The lowest BCUT2D eigenvalue weighted by Gasteiger charge is -2.25. The van der Waals surface area contributed by atoms with Crippen LogP contribution >= 0.6 is 11.3 Å². The summed E-state index contributed by atoms with van der Waals surface area (Å²) < 4.78 is 6.57. The Kier molecular flexibility index (Phi) is 6.23. The number of nitrogens with one attached hydrogen (secondary N) is 1. The molecular weight excluding hydrogens is 382 g/mol. The molecule has 1 amide bonds. The monoisotopic (exact) mass is 410 g/mol. The number of hydrogen-bond acceptors (Lipinski definition) is 4. The molecule has 0 spiro atoms. The number of morpholine rings is 1. The minimum absolute atomic E-state index is 0.0403. The molecule has 29 heavy (non-hydrogen) atoms. The van der Waals surface area contributed by atoms with E-state index in [9.17, 15) is 4.79 Å². The first-order chi connectivity index (χ1) is 14.1. The lowest BCUT2D eigenvalue weighted by molar-refractivity contribution is -0.908. The Balaban J connectivity index is 1.58. The van der Waals surface area contributed by atoms with Crippen LogP contribution < -0.4 is 9.80 Å². The van der Waals surface area contributed by atoms with Crippen LogP contribution in [0, 0.1) is 13.8 Å². The fraction of sp³-hybridized carbons (Fsp3) is 0.391. The highest BCUT2D eigenvalue weighted by Gasteiger charge is 2.23. The van der Waals surface area contributed by atoms with E-state index in [1.807, 2.05) is 42.2 Å². The number of benzene rings is 2. The van der Waals surface area contributed by atoms with Gasteiger partial charge in [-0.05, 0) is 37.6 Å². The molecule has 0 bridgehead atoms. The van der Waals surface area contributed by atoms with Gasteiger partial charge in [-0.3, -0.25) is 9.69 Å². The Bertz CT molecular complexity index is 962. The van der Waals surface area contributed by atoms with E-state index < -0.39 is 0 Å². The standard InChI is InChI=1S/C23H27N3O2S/c1-17-8-9-19(18(2)16-17)22(27)26(11-5-10-25-12-14-28-15-13-25)23-24-20-6-3-4-7-21(20)29-23/h3-4,6-9,16H,5,10-15H2,1-2H3/p+1. The number of nitrogens with zero attached hydrogens (tertiary/aromatic N) is 2. The summed E-state index contributed by atoms with van der Waals surface area (Å²) in [5.41, 5.74) is 3.89. The van der Waals surface area contributed by atoms with Crippen LogP contribution in [0.25, 0.3) is 10.2 Å². The van der Waals surface area contributed by atoms with Gasteiger partial charge in [0.15, 0.2) is 5.13 Å². The van der Waals surface area contributed by atoms with Crippen molar-refractivity contribution in [3.63, 3.8) is 0 Å². The van der Waals surface area contributed by atoms with Crippen molar-refractivity contribution in [1.82, 2.24) is 4.98 Å². The molecule has 5 nitrogen and oxygen atoms in total. The lowest BCUT2D eigenvalue weighted by atomic mass is 10.0. The highest BCUT2D eigenvalue weighted by molar-refractivity contribution is 7.22. The third kappa shape index (κ3) is 4.66. The van der Waals surface area contributed by atoms with E-state index in [0.717, 1.165) is 65.7 Å². The Morgan fingerprint density at radius 2 is 1.97 bits per heavy atom. The van der Waals surface area contributed by atoms with Crippen LogP contribution in [0.2, 0.25) is 0 Å². The van der Waals surface area contributed by atoms with Gasteiger partial charge >= 0.3 is 0 Å². The van der Waals surface area contributed by atoms with Gasteiger partial charge < -0.3 is 9.64 Å². The number of hydrogen-bond donors (Lipinski definition) is 1. The average molecular weight is 411 g/mol. The quantitative estimate of drug-likeness (QED) is 0.680. The molecule has 0 saturated carbocycles. The number of aromatic nitrogens is 1. The van der Waals surface area contributed by atoms with Gasteiger partial charge in [0.2, 0.25) is 0 Å². The van der Waals surface area contributed by atoms with Crippen molar-refractivity contribution in [3.8, 4) is 0 Å². The summed E-state index contributed by atoms with van der Waals surface area (Å²) in [5, 5.41) is 0.785. The number of quaternary nitrogens is 1. The number of carbonyl (C=O) groups is 1. The molecule has 1 saturated heterocycles. The van der Waals surface area contributed by atoms with Crippen LogP contribution in [-0.4, -0.2) is 50.3 Å². The molecule has 3 aromatic rings. The molecule has 0 atom stereocenters. The minimum atomic E-state index is 0.0403. The summed E-state index contributed by atoms with van der Waals surface area (Å²) in [5.74, 6) is 0.0403. The Hall–Kier alpha value is -2.28. The number of rotatable bonds is 6. The van der Waals surface area contributed by atoms with Crippen LogP contribution in [0.5, 0.6) is 0 Å². The maximum Gasteiger partial charge on any atom is 0.260 e. The van der Waals surface area contributed by atoms with E-state index in [-0.39, 0.29) is 5.91 Å². The van der Waals surface area contributed by atoms with E-state index in [0.29, 0.717) is 6.54 Å². The first kappa shape index (κ1) is 20.0. The predicted octanol–water partition coefficient (Wildman–Crippen LogP) is 2.87. The van der Waals surface area contributed by atoms with Crippen molar-refractivity contribution >= 4 is 32.6 Å². The summed E-state index contributed by atoms with van der Waals surface area (Å²) in [7, 11) is 0. The molecular formula is C23H28N3O2S+. The van der Waals surface area contributed by atoms with E-state index in [1.54, 1.807) is 16.2 Å². The van der Waals surface area contributed by atoms with Gasteiger partial charge in [-0.15, -0.1) is 0 Å². The molecule has 1 N–H and O–H groups in total. The van der Waals surface area contributed by atoms with E-state index >= 15 is 0 Å². The van der Waals surface area contributed by atoms with Gasteiger partial charge in [-0.1, -0.05) is 41.2 Å². The van der Waals surface area contributed by atoms with E-state index in [4.69, 9.17) is 9.72 Å². The molecule has 152 valence electrons. The van der Waals surface area contributed by atoms with Crippen molar-refractivity contribution < 1.29 is 14.4 Å². The van der Waals surface area contributed by atoms with Gasteiger partial charge in [-0.2, -0.15) is 0 Å². The summed E-state index contributed by atoms with van der Waals surface area (Å²) >= 11 is 1.59. The molecule has 1 aliphatic heterocycles. The SMILES string of the molecule is Cc1ccc(C(=O)N(CCC[NH+]2CCOCC2)c2nc3ccccc3s2)c(C)c1. The second-order valence-corrected chi connectivity index (χ2v) is 8.71. The van der Waals surface area contributed by atoms with Gasteiger partial charge in [0.25, 0.3) is 5.91 Å². The summed E-state index contributed by atoms with van der Waals surface area (Å²) in [6, 6.07) is 14.1. The molecule has 2 heterocycles. The van der Waals surface area contributed by atoms with Gasteiger partial charge in [0.05, 0.1) is 30.0 Å². The van der Waals surface area contributed by atoms with Crippen molar-refractivity contribution in [3.05, 3.63) is 59.2 Å². The van der Waals surface area contributed by atoms with Crippen LogP contribution in [-0.2, 0) is 4.74 Å². The molecule has 1 aliphatic rings. The van der Waals surface area contributed by atoms with Gasteiger partial charge in [0, 0.05) is 18.5 Å². The Morgan fingerprint density at radius 1 is 1.17 bits per heavy atom. The smallest absolute Gasteiger partial charge is 0.260 e. The third-order valence-corrected chi connectivity index (χ3v) is 6.54. The largest absolute Gasteiger partial charge is 0.370 e. The minimum Gasteiger partial charge on any atom is -0.370 e. The number of para-hydroxylation sites is 1. The van der Waals surface area contributed by atoms with Crippen LogP contribution in [0.3, 0.4) is 0 Å². The first-order valence-corrected chi connectivity index (χ1v) is 11.1. The van der Waals surface area contributed by atoms with Crippen molar-refractivity contribution in [2.75, 3.05) is 44.3 Å². The Morgan fingerprint density at radius 3 is 2.72 bits per heavy atom. The number of anilines is 1. The second kappa shape index (κ2) is 9.03. The average Bonchev–Trinajstić information content (AvgIpc) is 3.15. The van der Waals surface area contributed by atoms with Crippen molar-refractivity contribution in [2.45, 2.75) is 20.3 Å². The molecule has 0 aliphatic carbocycles. The van der Waals surface area contributed by atoms with Crippen LogP contribution in [0.15, 0.2) is 42.5 Å². The zero-order valence-corrected chi connectivity index (χ0v) is 17.9. The van der Waals surface area contributed by atoms with Gasteiger partial charge in [-0.25, -0.2) is 4.98 Å². The summed E-state index contributed by atoms with van der Waals surface area (Å²) in [4.78, 5) is 21.7. The van der Waals surface area contributed by atoms with E-state index in [2.05, 4.69) is 19.1 Å². The summed E-state index contributed by atoms with van der Waals surface area (Å²) in [6.07, 6.45) is 0.946. The topological polar surface area (TPSA) is 46.9 Å². The number of carbonyl (C=O) groups excluding carboxylic acids is 1. The number of aryl methyl sites for hydroxylation is 2. The lowest BCUT2D eigenvalue weighted by Crippen LogP contribution is -3.14. The van der Waals surface area contributed by atoms with Crippen molar-refractivity contribution in [1.29, 1.82) is 0 Å². The normalized spacial score (nSPS) is 15.0. The number of ether oxygens (including phenoxy) is 1. The summed E-state index contributed by atoms with van der Waals surface area (Å²) in [6.45, 7) is 9.54. The number of amides is 1. The highest BCUT2D eigenvalue weighted by Crippen LogP contribution is 2.30. The number of fused-ring (bicyclic) bond motifs is 1. The molecule has 1 fully saturated rings. The van der Waals surface area contributed by atoms with Crippen LogP contribution in [0.4, 0.5) is 5.13 Å². The molecule has 0 radical (unpaired) electrons. The first-order valence-electron chi connectivity index (χ1n) is 10.3.